The average molecular weight is 268 g/mol. The largest absolute Gasteiger partial charge is 0.383 e. The van der Waals surface area contributed by atoms with Crippen LogP contribution in [0.25, 0.3) is 0 Å². The highest BCUT2D eigenvalue weighted by molar-refractivity contribution is 5.78. The second-order valence-corrected chi connectivity index (χ2v) is 4.75. The lowest BCUT2D eigenvalue weighted by atomic mass is 10.0. The standard InChI is InChI=1S/C13H24N4O2/c1-19-9-7-15-10-12-4-2-3-8-17(12)11-13(18)16-6-5-14/h12,15H,2-4,6-11H2,1H3,(H,16,18). The van der Waals surface area contributed by atoms with Crippen molar-refractivity contribution in [1.29, 1.82) is 5.26 Å². The number of nitrogens with zero attached hydrogens (tertiary/aromatic N) is 2. The van der Waals surface area contributed by atoms with Crippen molar-refractivity contribution in [3.8, 4) is 6.07 Å². The molecule has 1 saturated heterocycles. The first-order valence-corrected chi connectivity index (χ1v) is 6.85. The number of hydrogen-bond donors (Lipinski definition) is 2. The fourth-order valence-corrected chi connectivity index (χ4v) is 2.32. The summed E-state index contributed by atoms with van der Waals surface area (Å²) in [6.45, 7) is 3.85. The van der Waals surface area contributed by atoms with Gasteiger partial charge in [0.05, 0.1) is 19.2 Å². The third-order valence-corrected chi connectivity index (χ3v) is 3.32. The van der Waals surface area contributed by atoms with Gasteiger partial charge in [-0.3, -0.25) is 9.69 Å². The number of hydrogen-bond acceptors (Lipinski definition) is 5. The van der Waals surface area contributed by atoms with E-state index in [0.29, 0.717) is 19.2 Å². The second-order valence-electron chi connectivity index (χ2n) is 4.75. The Kier molecular flexibility index (Phi) is 8.14. The fraction of sp³-hybridized carbons (Fsp3) is 0.846. The van der Waals surface area contributed by atoms with Gasteiger partial charge in [0.15, 0.2) is 0 Å². The Hall–Kier alpha value is -1.16. The lowest BCUT2D eigenvalue weighted by molar-refractivity contribution is -0.122. The number of likely N-dealkylation sites (tertiary alicyclic amines) is 1. The smallest absolute Gasteiger partial charge is 0.235 e. The highest BCUT2D eigenvalue weighted by Gasteiger charge is 2.23. The number of carbonyl (C=O) groups is 1. The molecule has 108 valence electrons. The number of ether oxygens (including phenoxy) is 1. The van der Waals surface area contributed by atoms with Crippen molar-refractivity contribution in [2.45, 2.75) is 25.3 Å². The molecule has 0 bridgehead atoms. The number of piperidine rings is 1. The fourth-order valence-electron chi connectivity index (χ4n) is 2.32. The van der Waals surface area contributed by atoms with Gasteiger partial charge in [-0.1, -0.05) is 6.42 Å². The lowest BCUT2D eigenvalue weighted by Gasteiger charge is -2.35. The molecule has 1 atom stereocenters. The van der Waals surface area contributed by atoms with Crippen LogP contribution in [0.3, 0.4) is 0 Å². The monoisotopic (exact) mass is 268 g/mol. The minimum absolute atomic E-state index is 0.0645. The number of rotatable bonds is 8. The number of carbonyl (C=O) groups excluding carboxylic acids is 1. The van der Waals surface area contributed by atoms with E-state index < -0.39 is 0 Å². The van der Waals surface area contributed by atoms with E-state index in [1.54, 1.807) is 7.11 Å². The van der Waals surface area contributed by atoms with E-state index in [-0.39, 0.29) is 12.5 Å². The van der Waals surface area contributed by atoms with E-state index >= 15 is 0 Å². The maximum atomic E-state index is 11.6. The van der Waals surface area contributed by atoms with Gasteiger partial charge in [0.25, 0.3) is 0 Å². The summed E-state index contributed by atoms with van der Waals surface area (Å²) in [6.07, 6.45) is 3.47. The van der Waals surface area contributed by atoms with Crippen LogP contribution in [0.1, 0.15) is 19.3 Å². The van der Waals surface area contributed by atoms with Crippen LogP contribution in [-0.2, 0) is 9.53 Å². The van der Waals surface area contributed by atoms with E-state index in [1.165, 1.54) is 6.42 Å². The third kappa shape index (κ3) is 6.53. The molecule has 0 saturated carbocycles. The Morgan fingerprint density at radius 1 is 1.53 bits per heavy atom. The predicted molar refractivity (Wildman–Crippen MR) is 72.6 cm³/mol. The Bertz CT molecular complexity index is 304. The molecule has 0 aromatic rings. The molecule has 6 nitrogen and oxygen atoms in total. The van der Waals surface area contributed by atoms with Crippen molar-refractivity contribution in [1.82, 2.24) is 15.5 Å². The molecule has 0 spiro atoms. The number of nitriles is 1. The van der Waals surface area contributed by atoms with Crippen LogP contribution < -0.4 is 10.6 Å². The molecule has 0 radical (unpaired) electrons. The van der Waals surface area contributed by atoms with Gasteiger partial charge in [-0.25, -0.2) is 0 Å². The molecule has 6 heteroatoms. The summed E-state index contributed by atoms with van der Waals surface area (Å²) in [5.41, 5.74) is 0. The summed E-state index contributed by atoms with van der Waals surface area (Å²) < 4.78 is 5.00. The van der Waals surface area contributed by atoms with Crippen molar-refractivity contribution in [3.63, 3.8) is 0 Å². The van der Waals surface area contributed by atoms with Gasteiger partial charge in [-0.2, -0.15) is 5.26 Å². The summed E-state index contributed by atoms with van der Waals surface area (Å²) >= 11 is 0. The molecule has 1 rings (SSSR count). The molecule has 1 heterocycles. The first-order valence-electron chi connectivity index (χ1n) is 6.85. The lowest BCUT2D eigenvalue weighted by Crippen LogP contribution is -2.49. The molecule has 0 aromatic heterocycles. The molecule has 1 aliphatic heterocycles. The van der Waals surface area contributed by atoms with Crippen LogP contribution in [0.2, 0.25) is 0 Å². The van der Waals surface area contributed by atoms with Crippen LogP contribution >= 0.6 is 0 Å². The van der Waals surface area contributed by atoms with Gasteiger partial charge in [0.1, 0.15) is 6.54 Å². The quantitative estimate of drug-likeness (QED) is 0.467. The van der Waals surface area contributed by atoms with E-state index in [9.17, 15) is 4.79 Å². The van der Waals surface area contributed by atoms with Crippen molar-refractivity contribution in [2.24, 2.45) is 0 Å². The molecular weight excluding hydrogens is 244 g/mol. The average Bonchev–Trinajstić information content (AvgIpc) is 2.43. The van der Waals surface area contributed by atoms with Crippen LogP contribution in [0, 0.1) is 11.3 Å². The zero-order chi connectivity index (χ0) is 13.9. The number of amides is 1. The Morgan fingerprint density at radius 3 is 3.11 bits per heavy atom. The van der Waals surface area contributed by atoms with Crippen molar-refractivity contribution < 1.29 is 9.53 Å². The summed E-state index contributed by atoms with van der Waals surface area (Å²) in [7, 11) is 1.69. The summed E-state index contributed by atoms with van der Waals surface area (Å²) in [5.74, 6) is -0.0645. The zero-order valence-corrected chi connectivity index (χ0v) is 11.7. The normalized spacial score (nSPS) is 19.9. The summed E-state index contributed by atoms with van der Waals surface area (Å²) in [5, 5.41) is 14.4. The Balaban J connectivity index is 2.31. The maximum absolute atomic E-state index is 11.6. The van der Waals surface area contributed by atoms with Gasteiger partial charge in [-0.15, -0.1) is 0 Å². The van der Waals surface area contributed by atoms with Gasteiger partial charge >= 0.3 is 0 Å². The van der Waals surface area contributed by atoms with Crippen molar-refractivity contribution in [3.05, 3.63) is 0 Å². The van der Waals surface area contributed by atoms with Crippen molar-refractivity contribution >= 4 is 5.91 Å². The predicted octanol–water partition coefficient (Wildman–Crippen LogP) is -0.283. The zero-order valence-electron chi connectivity index (χ0n) is 11.7. The Labute approximate surface area is 115 Å². The minimum Gasteiger partial charge on any atom is -0.383 e. The highest BCUT2D eigenvalue weighted by Crippen LogP contribution is 2.15. The highest BCUT2D eigenvalue weighted by atomic mass is 16.5. The van der Waals surface area contributed by atoms with Crippen LogP contribution in [0.5, 0.6) is 0 Å². The summed E-state index contributed by atoms with van der Waals surface area (Å²) in [4.78, 5) is 13.9. The SMILES string of the molecule is COCCNCC1CCCCN1CC(=O)NCC#N. The molecular formula is C13H24N4O2. The molecule has 1 amide bonds. The van der Waals surface area contributed by atoms with Crippen LogP contribution in [0.15, 0.2) is 0 Å². The first-order chi connectivity index (χ1) is 9.27. The van der Waals surface area contributed by atoms with Crippen LogP contribution in [-0.4, -0.2) is 63.3 Å². The van der Waals surface area contributed by atoms with E-state index in [4.69, 9.17) is 10.00 Å². The molecule has 1 aliphatic rings. The maximum Gasteiger partial charge on any atom is 0.235 e. The Morgan fingerprint density at radius 2 is 2.37 bits per heavy atom. The van der Waals surface area contributed by atoms with Crippen molar-refractivity contribution in [2.75, 3.05) is 46.4 Å². The van der Waals surface area contributed by atoms with Gasteiger partial charge in [-0.05, 0) is 19.4 Å². The summed E-state index contributed by atoms with van der Waals surface area (Å²) in [6, 6.07) is 2.32. The van der Waals surface area contributed by atoms with Gasteiger partial charge in [0.2, 0.25) is 5.91 Å². The second kappa shape index (κ2) is 9.73. The van der Waals surface area contributed by atoms with E-state index in [1.807, 2.05) is 6.07 Å². The molecule has 1 unspecified atom stereocenters. The molecule has 19 heavy (non-hydrogen) atoms. The molecule has 1 fully saturated rings. The van der Waals surface area contributed by atoms with E-state index in [2.05, 4.69) is 15.5 Å². The first kappa shape index (κ1) is 15.9. The van der Waals surface area contributed by atoms with Gasteiger partial charge < -0.3 is 15.4 Å². The molecule has 0 aliphatic carbocycles. The van der Waals surface area contributed by atoms with E-state index in [0.717, 1.165) is 32.5 Å². The van der Waals surface area contributed by atoms with Gasteiger partial charge in [0, 0.05) is 26.2 Å². The number of nitrogens with one attached hydrogen (secondary N) is 2. The minimum atomic E-state index is -0.0645. The topological polar surface area (TPSA) is 77.4 Å². The number of methoxy groups -OCH3 is 1. The molecule has 2 N–H and O–H groups in total. The molecule has 0 aromatic carbocycles. The third-order valence-electron chi connectivity index (χ3n) is 3.32. The van der Waals surface area contributed by atoms with Crippen LogP contribution in [0.4, 0.5) is 0 Å².